The normalized spacial score (nSPS) is 10.5. The number of nitrogens with one attached hydrogen (secondary N) is 1. The highest BCUT2D eigenvalue weighted by Crippen LogP contribution is 2.35. The van der Waals surface area contributed by atoms with Crippen LogP contribution in [0.3, 0.4) is 0 Å². The fraction of sp³-hybridized carbons (Fsp3) is 0.100. The molecule has 0 saturated carbocycles. The molecular weight excluding hydrogens is 364 g/mol. The second kappa shape index (κ2) is 8.21. The molecule has 0 fully saturated rings. The summed E-state index contributed by atoms with van der Waals surface area (Å²) >= 11 is 3.05. The summed E-state index contributed by atoms with van der Waals surface area (Å²) < 4.78 is 0. The maximum absolute atomic E-state index is 12.5. The van der Waals surface area contributed by atoms with Crippen molar-refractivity contribution >= 4 is 39.9 Å². The van der Waals surface area contributed by atoms with Gasteiger partial charge in [-0.3, -0.25) is 9.59 Å². The molecule has 26 heavy (non-hydrogen) atoms. The highest BCUT2D eigenvalue weighted by molar-refractivity contribution is 7.99. The zero-order valence-corrected chi connectivity index (χ0v) is 15.8. The van der Waals surface area contributed by atoms with Crippen LogP contribution >= 0.6 is 23.1 Å². The molecule has 0 aliphatic rings. The van der Waals surface area contributed by atoms with Gasteiger partial charge in [0, 0.05) is 15.3 Å². The first-order valence-electron chi connectivity index (χ1n) is 8.11. The van der Waals surface area contributed by atoms with Crippen molar-refractivity contribution in [2.75, 3.05) is 11.1 Å². The summed E-state index contributed by atoms with van der Waals surface area (Å²) in [5.74, 6) is 0.153. The molecular formula is C20H18N2O2S2. The lowest BCUT2D eigenvalue weighted by Gasteiger charge is -2.05. The van der Waals surface area contributed by atoms with Crippen LogP contribution in [0.25, 0.3) is 10.4 Å². The van der Waals surface area contributed by atoms with Gasteiger partial charge in [-0.2, -0.15) is 0 Å². The summed E-state index contributed by atoms with van der Waals surface area (Å²) in [7, 11) is 0. The minimum atomic E-state index is -0.562. The Hall–Kier alpha value is -2.57. The summed E-state index contributed by atoms with van der Waals surface area (Å²) in [5.41, 5.74) is 7.32. The Morgan fingerprint density at radius 2 is 1.77 bits per heavy atom. The van der Waals surface area contributed by atoms with Gasteiger partial charge < -0.3 is 11.1 Å². The largest absolute Gasteiger partial charge is 0.366 e. The number of anilines is 1. The third-order valence-corrected chi connectivity index (χ3v) is 5.70. The van der Waals surface area contributed by atoms with E-state index in [1.807, 2.05) is 42.5 Å². The van der Waals surface area contributed by atoms with Crippen LogP contribution in [0.5, 0.6) is 0 Å². The van der Waals surface area contributed by atoms with Gasteiger partial charge in [0.1, 0.15) is 5.00 Å². The lowest BCUT2D eigenvalue weighted by atomic mass is 10.1. The predicted molar refractivity (Wildman–Crippen MR) is 109 cm³/mol. The second-order valence-electron chi connectivity index (χ2n) is 5.50. The van der Waals surface area contributed by atoms with Crippen molar-refractivity contribution in [2.45, 2.75) is 11.8 Å². The molecule has 6 heteroatoms. The first kappa shape index (κ1) is 18.2. The van der Waals surface area contributed by atoms with Gasteiger partial charge in [0.2, 0.25) is 0 Å². The van der Waals surface area contributed by atoms with E-state index in [1.165, 1.54) is 11.3 Å². The maximum Gasteiger partial charge on any atom is 0.256 e. The minimum absolute atomic E-state index is 0.262. The van der Waals surface area contributed by atoms with Crippen molar-refractivity contribution < 1.29 is 9.59 Å². The van der Waals surface area contributed by atoms with Crippen molar-refractivity contribution in [1.29, 1.82) is 0 Å². The van der Waals surface area contributed by atoms with E-state index >= 15 is 0 Å². The molecule has 0 unspecified atom stereocenters. The number of thiophene rings is 1. The van der Waals surface area contributed by atoms with Gasteiger partial charge in [0.25, 0.3) is 11.8 Å². The second-order valence-corrected chi connectivity index (χ2v) is 7.88. The minimum Gasteiger partial charge on any atom is -0.366 e. The molecule has 3 aromatic rings. The van der Waals surface area contributed by atoms with Gasteiger partial charge in [0.15, 0.2) is 0 Å². The number of hydrogen-bond acceptors (Lipinski definition) is 4. The van der Waals surface area contributed by atoms with Crippen LogP contribution in [-0.2, 0) is 0 Å². The van der Waals surface area contributed by atoms with Crippen molar-refractivity contribution in [3.63, 3.8) is 0 Å². The molecule has 0 spiro atoms. The van der Waals surface area contributed by atoms with Crippen LogP contribution < -0.4 is 11.1 Å². The van der Waals surface area contributed by atoms with Crippen LogP contribution in [0.2, 0.25) is 0 Å². The monoisotopic (exact) mass is 382 g/mol. The van der Waals surface area contributed by atoms with Crippen LogP contribution in [0, 0.1) is 0 Å². The summed E-state index contributed by atoms with van der Waals surface area (Å²) in [5, 5.41) is 3.29. The summed E-state index contributed by atoms with van der Waals surface area (Å²) in [6.45, 7) is 2.08. The Morgan fingerprint density at radius 3 is 2.38 bits per heavy atom. The zero-order chi connectivity index (χ0) is 18.5. The molecule has 3 rings (SSSR count). The zero-order valence-electron chi connectivity index (χ0n) is 14.2. The van der Waals surface area contributed by atoms with E-state index in [9.17, 15) is 9.59 Å². The van der Waals surface area contributed by atoms with Crippen LogP contribution in [0.15, 0.2) is 65.6 Å². The lowest BCUT2D eigenvalue weighted by molar-refractivity contribution is 0.100. The van der Waals surface area contributed by atoms with E-state index in [1.54, 1.807) is 30.0 Å². The molecule has 0 aliphatic heterocycles. The number of hydrogen-bond donors (Lipinski definition) is 2. The molecule has 132 valence electrons. The third-order valence-electron chi connectivity index (χ3n) is 3.71. The molecule has 0 bridgehead atoms. The predicted octanol–water partition coefficient (Wildman–Crippen LogP) is 4.88. The Morgan fingerprint density at radius 1 is 1.08 bits per heavy atom. The van der Waals surface area contributed by atoms with Gasteiger partial charge in [-0.1, -0.05) is 37.3 Å². The number of amides is 2. The first-order valence-corrected chi connectivity index (χ1v) is 9.92. The topological polar surface area (TPSA) is 72.2 Å². The van der Waals surface area contributed by atoms with Crippen molar-refractivity contribution in [2.24, 2.45) is 5.73 Å². The van der Waals surface area contributed by atoms with Gasteiger partial charge in [0.05, 0.1) is 5.56 Å². The molecule has 4 nitrogen and oxygen atoms in total. The highest BCUT2D eigenvalue weighted by atomic mass is 32.2. The van der Waals surface area contributed by atoms with Gasteiger partial charge in [-0.05, 0) is 41.6 Å². The fourth-order valence-corrected chi connectivity index (χ4v) is 4.18. The average Bonchev–Trinajstić information content (AvgIpc) is 3.07. The van der Waals surface area contributed by atoms with Crippen molar-refractivity contribution in [3.05, 3.63) is 71.8 Å². The van der Waals surface area contributed by atoms with E-state index < -0.39 is 5.91 Å². The van der Waals surface area contributed by atoms with E-state index in [2.05, 4.69) is 12.2 Å². The number of benzene rings is 2. The molecule has 0 atom stereocenters. The molecule has 0 aliphatic carbocycles. The first-order chi connectivity index (χ1) is 12.6. The molecule has 1 heterocycles. The summed E-state index contributed by atoms with van der Waals surface area (Å²) in [6.07, 6.45) is 0. The molecule has 3 N–H and O–H groups in total. The van der Waals surface area contributed by atoms with E-state index in [0.717, 1.165) is 21.1 Å². The Bertz CT molecular complexity index is 919. The number of thioether (sulfide) groups is 1. The number of rotatable bonds is 6. The Kier molecular flexibility index (Phi) is 5.75. The van der Waals surface area contributed by atoms with Crippen molar-refractivity contribution in [1.82, 2.24) is 0 Å². The van der Waals surface area contributed by atoms with Gasteiger partial charge >= 0.3 is 0 Å². The van der Waals surface area contributed by atoms with Gasteiger partial charge in [-0.25, -0.2) is 0 Å². The van der Waals surface area contributed by atoms with Gasteiger partial charge in [-0.15, -0.1) is 23.1 Å². The Labute approximate surface area is 160 Å². The fourth-order valence-electron chi connectivity index (χ4n) is 2.46. The lowest BCUT2D eigenvalue weighted by Crippen LogP contribution is -2.16. The smallest absolute Gasteiger partial charge is 0.256 e. The van der Waals surface area contributed by atoms with E-state index in [-0.39, 0.29) is 5.91 Å². The maximum atomic E-state index is 12.5. The van der Waals surface area contributed by atoms with Crippen LogP contribution in [-0.4, -0.2) is 17.6 Å². The number of carbonyl (C=O) groups excluding carboxylic acids is 2. The quantitative estimate of drug-likeness (QED) is 0.597. The van der Waals surface area contributed by atoms with Crippen LogP contribution in [0.1, 0.15) is 27.6 Å². The van der Waals surface area contributed by atoms with E-state index in [0.29, 0.717) is 16.1 Å². The third kappa shape index (κ3) is 4.15. The highest BCUT2D eigenvalue weighted by Gasteiger charge is 2.17. The molecule has 1 aromatic heterocycles. The number of primary amides is 1. The summed E-state index contributed by atoms with van der Waals surface area (Å²) in [6, 6.07) is 18.8. The molecule has 2 aromatic carbocycles. The molecule has 0 radical (unpaired) electrons. The average molecular weight is 383 g/mol. The molecule has 0 saturated heterocycles. The Balaban J connectivity index is 1.85. The number of carbonyl (C=O) groups is 2. The number of nitrogens with two attached hydrogens (primary N) is 1. The SMILES string of the molecule is CCSc1ccc(C(=O)Nc2sc(-c3ccccc3)cc2C(N)=O)cc1. The van der Waals surface area contributed by atoms with E-state index in [4.69, 9.17) is 5.73 Å². The van der Waals surface area contributed by atoms with Crippen molar-refractivity contribution in [3.8, 4) is 10.4 Å². The van der Waals surface area contributed by atoms with Crippen LogP contribution in [0.4, 0.5) is 5.00 Å². The standard InChI is InChI=1S/C20H18N2O2S2/c1-2-25-15-10-8-14(9-11-15)19(24)22-20-16(18(21)23)12-17(26-20)13-6-4-3-5-7-13/h3-12H,2H2,1H3,(H2,21,23)(H,22,24). The summed E-state index contributed by atoms with van der Waals surface area (Å²) in [4.78, 5) is 26.3. The molecule has 2 amide bonds.